The van der Waals surface area contributed by atoms with Crippen molar-refractivity contribution < 1.29 is 13.2 Å². The molecular weight excluding hydrogens is 282 g/mol. The van der Waals surface area contributed by atoms with Gasteiger partial charge in [-0.2, -0.15) is 0 Å². The molecular formula is C11H15N5O3S. The molecule has 0 radical (unpaired) electrons. The molecule has 0 heterocycles. The molecule has 3 N–H and O–H groups in total. The number of hydrogen-bond donors (Lipinski definition) is 2. The fourth-order valence-electron chi connectivity index (χ4n) is 1.61. The van der Waals surface area contributed by atoms with E-state index in [2.05, 4.69) is 15.3 Å². The predicted octanol–water partition coefficient (Wildman–Crippen LogP) is 1.46. The van der Waals surface area contributed by atoms with Crippen molar-refractivity contribution in [3.05, 3.63) is 40.3 Å². The molecule has 2 amide bonds. The highest BCUT2D eigenvalue weighted by atomic mass is 32.2. The molecule has 0 aliphatic heterocycles. The summed E-state index contributed by atoms with van der Waals surface area (Å²) in [7, 11) is -3.91. The standard InChI is InChI=1S/C11H15N5O3S/c1-7-3-5-9(6-4-7)20(18,19)10(14-11(12)17)8(2)15-16-13/h3-6,8,10H,1-2H3,(H3,12,14,17). The maximum atomic E-state index is 12.4. The molecule has 1 aromatic rings. The molecule has 0 aromatic heterocycles. The lowest BCUT2D eigenvalue weighted by atomic mass is 10.2. The van der Waals surface area contributed by atoms with Gasteiger partial charge >= 0.3 is 6.03 Å². The number of nitrogens with two attached hydrogens (primary N) is 1. The molecule has 2 atom stereocenters. The maximum absolute atomic E-state index is 12.4. The molecule has 9 heteroatoms. The van der Waals surface area contributed by atoms with E-state index in [1.807, 2.05) is 6.92 Å². The van der Waals surface area contributed by atoms with Crippen LogP contribution in [0.3, 0.4) is 0 Å². The number of amides is 2. The number of hydrogen-bond acceptors (Lipinski definition) is 4. The average Bonchev–Trinajstić information content (AvgIpc) is 2.36. The number of primary amides is 1. The number of nitrogens with one attached hydrogen (secondary N) is 1. The van der Waals surface area contributed by atoms with E-state index in [0.717, 1.165) is 5.56 Å². The summed E-state index contributed by atoms with van der Waals surface area (Å²) in [6.45, 7) is 3.20. The van der Waals surface area contributed by atoms with Crippen LogP contribution in [-0.2, 0) is 9.84 Å². The first kappa shape index (κ1) is 15.8. The second-order valence-electron chi connectivity index (χ2n) is 4.23. The lowest BCUT2D eigenvalue weighted by Crippen LogP contribution is -2.48. The number of sulfone groups is 1. The molecule has 0 saturated carbocycles. The fourth-order valence-corrected chi connectivity index (χ4v) is 3.27. The van der Waals surface area contributed by atoms with E-state index in [4.69, 9.17) is 11.3 Å². The van der Waals surface area contributed by atoms with E-state index >= 15 is 0 Å². The van der Waals surface area contributed by atoms with Gasteiger partial charge in [0.15, 0.2) is 9.84 Å². The quantitative estimate of drug-likeness (QED) is 0.483. The Kier molecular flexibility index (Phi) is 4.95. The van der Waals surface area contributed by atoms with Gasteiger partial charge < -0.3 is 11.1 Å². The van der Waals surface area contributed by atoms with Gasteiger partial charge in [0.25, 0.3) is 0 Å². The van der Waals surface area contributed by atoms with Gasteiger partial charge in [0.05, 0.1) is 10.9 Å². The van der Waals surface area contributed by atoms with Crippen LogP contribution in [0, 0.1) is 6.92 Å². The maximum Gasteiger partial charge on any atom is 0.313 e. The van der Waals surface area contributed by atoms with Crippen LogP contribution in [0.1, 0.15) is 12.5 Å². The number of benzene rings is 1. The minimum Gasteiger partial charge on any atom is -0.352 e. The number of rotatable bonds is 5. The zero-order valence-electron chi connectivity index (χ0n) is 11.0. The van der Waals surface area contributed by atoms with Crippen LogP contribution in [0.5, 0.6) is 0 Å². The van der Waals surface area contributed by atoms with E-state index in [-0.39, 0.29) is 4.90 Å². The molecule has 0 spiro atoms. The molecule has 108 valence electrons. The monoisotopic (exact) mass is 297 g/mol. The van der Waals surface area contributed by atoms with Gasteiger partial charge in [0.1, 0.15) is 5.37 Å². The Hall–Kier alpha value is -2.25. The van der Waals surface area contributed by atoms with Crippen LogP contribution in [-0.4, -0.2) is 25.9 Å². The zero-order valence-corrected chi connectivity index (χ0v) is 11.8. The van der Waals surface area contributed by atoms with Gasteiger partial charge in [0, 0.05) is 4.91 Å². The molecule has 0 aliphatic rings. The summed E-state index contributed by atoms with van der Waals surface area (Å²) in [5.74, 6) is 0. The van der Waals surface area contributed by atoms with Crippen molar-refractivity contribution >= 4 is 15.9 Å². The van der Waals surface area contributed by atoms with Crippen LogP contribution in [0.25, 0.3) is 10.4 Å². The van der Waals surface area contributed by atoms with Crippen molar-refractivity contribution in [3.63, 3.8) is 0 Å². The Morgan fingerprint density at radius 2 is 1.95 bits per heavy atom. The highest BCUT2D eigenvalue weighted by Gasteiger charge is 2.32. The summed E-state index contributed by atoms with van der Waals surface area (Å²) in [5.41, 5.74) is 14.3. The van der Waals surface area contributed by atoms with Crippen molar-refractivity contribution in [1.29, 1.82) is 0 Å². The van der Waals surface area contributed by atoms with Gasteiger partial charge in [0.2, 0.25) is 0 Å². The zero-order chi connectivity index (χ0) is 15.3. The van der Waals surface area contributed by atoms with Gasteiger partial charge in [-0.05, 0) is 24.6 Å². The third-order valence-corrected chi connectivity index (χ3v) is 4.75. The predicted molar refractivity (Wildman–Crippen MR) is 73.5 cm³/mol. The average molecular weight is 297 g/mol. The van der Waals surface area contributed by atoms with Crippen LogP contribution in [0.15, 0.2) is 34.3 Å². The number of aryl methyl sites for hydroxylation is 1. The first-order chi connectivity index (χ1) is 9.28. The van der Waals surface area contributed by atoms with Crippen LogP contribution in [0.2, 0.25) is 0 Å². The van der Waals surface area contributed by atoms with Crippen molar-refractivity contribution in [2.24, 2.45) is 10.8 Å². The SMILES string of the molecule is Cc1ccc(S(=O)(=O)C(NC(N)=O)C(C)N=[N+]=[N-])cc1. The van der Waals surface area contributed by atoms with E-state index in [1.165, 1.54) is 19.1 Å². The summed E-state index contributed by atoms with van der Waals surface area (Å²) in [6.07, 6.45) is 0. The summed E-state index contributed by atoms with van der Waals surface area (Å²) in [4.78, 5) is 13.5. The first-order valence-corrected chi connectivity index (χ1v) is 7.24. The Balaban J connectivity index is 3.26. The van der Waals surface area contributed by atoms with Crippen LogP contribution >= 0.6 is 0 Å². The number of carbonyl (C=O) groups is 1. The smallest absolute Gasteiger partial charge is 0.313 e. The number of urea groups is 1. The lowest BCUT2D eigenvalue weighted by molar-refractivity contribution is 0.247. The Bertz CT molecular complexity index is 635. The molecule has 0 saturated heterocycles. The van der Waals surface area contributed by atoms with E-state index in [0.29, 0.717) is 0 Å². The minimum absolute atomic E-state index is 0.0156. The van der Waals surface area contributed by atoms with Gasteiger partial charge in [-0.15, -0.1) is 0 Å². The summed E-state index contributed by atoms with van der Waals surface area (Å²) < 4.78 is 24.9. The molecule has 8 nitrogen and oxygen atoms in total. The largest absolute Gasteiger partial charge is 0.352 e. The Labute approximate surface area is 116 Å². The van der Waals surface area contributed by atoms with Crippen molar-refractivity contribution in [2.45, 2.75) is 30.2 Å². The summed E-state index contributed by atoms with van der Waals surface area (Å²) in [6, 6.07) is 4.09. The number of carbonyl (C=O) groups excluding carboxylic acids is 1. The van der Waals surface area contributed by atoms with Crippen molar-refractivity contribution in [1.82, 2.24) is 5.32 Å². The summed E-state index contributed by atoms with van der Waals surface area (Å²) in [5, 5.41) is 4.00. The highest BCUT2D eigenvalue weighted by molar-refractivity contribution is 7.92. The first-order valence-electron chi connectivity index (χ1n) is 5.69. The lowest BCUT2D eigenvalue weighted by Gasteiger charge is -2.21. The van der Waals surface area contributed by atoms with Gasteiger partial charge in [-0.3, -0.25) is 0 Å². The highest BCUT2D eigenvalue weighted by Crippen LogP contribution is 2.19. The number of nitrogens with zero attached hydrogens (tertiary/aromatic N) is 3. The molecule has 1 aromatic carbocycles. The third-order valence-electron chi connectivity index (χ3n) is 2.64. The van der Waals surface area contributed by atoms with E-state index in [1.54, 1.807) is 12.1 Å². The summed E-state index contributed by atoms with van der Waals surface area (Å²) >= 11 is 0. The van der Waals surface area contributed by atoms with Crippen molar-refractivity contribution in [2.75, 3.05) is 0 Å². The molecule has 20 heavy (non-hydrogen) atoms. The third kappa shape index (κ3) is 3.62. The minimum atomic E-state index is -3.91. The van der Waals surface area contributed by atoms with Crippen LogP contribution < -0.4 is 11.1 Å². The molecule has 0 aliphatic carbocycles. The van der Waals surface area contributed by atoms with Crippen molar-refractivity contribution in [3.8, 4) is 0 Å². The Morgan fingerprint density at radius 1 is 1.40 bits per heavy atom. The topological polar surface area (TPSA) is 138 Å². The number of azide groups is 1. The second kappa shape index (κ2) is 6.27. The van der Waals surface area contributed by atoms with Gasteiger partial charge in [-0.25, -0.2) is 13.2 Å². The second-order valence-corrected chi connectivity index (χ2v) is 6.30. The Morgan fingerprint density at radius 3 is 2.40 bits per heavy atom. The normalized spacial score (nSPS) is 13.9. The fraction of sp³-hybridized carbons (Fsp3) is 0.364. The molecule has 0 fully saturated rings. The van der Waals surface area contributed by atoms with Gasteiger partial charge in [-0.1, -0.05) is 29.7 Å². The van der Waals surface area contributed by atoms with E-state index < -0.39 is 27.3 Å². The molecule has 2 unspecified atom stereocenters. The van der Waals surface area contributed by atoms with E-state index in [9.17, 15) is 13.2 Å². The molecule has 0 bridgehead atoms. The molecule has 1 rings (SSSR count). The van der Waals surface area contributed by atoms with Crippen LogP contribution in [0.4, 0.5) is 4.79 Å².